The minimum Gasteiger partial charge on any atom is -0.493 e. The van der Waals surface area contributed by atoms with Crippen molar-refractivity contribution in [2.24, 2.45) is 0 Å². The Bertz CT molecular complexity index is 1250. The average Bonchev–Trinajstić information content (AvgIpc) is 2.78. The van der Waals surface area contributed by atoms with Crippen molar-refractivity contribution < 1.29 is 22.7 Å². The fourth-order valence-corrected chi connectivity index (χ4v) is 5.79. The number of ether oxygens (including phenoxy) is 2. The van der Waals surface area contributed by atoms with Crippen LogP contribution >= 0.6 is 0 Å². The highest BCUT2D eigenvalue weighted by Gasteiger charge is 2.30. The zero-order valence-corrected chi connectivity index (χ0v) is 20.9. The van der Waals surface area contributed by atoms with Gasteiger partial charge in [0.15, 0.2) is 11.5 Å². The number of methoxy groups -OCH3 is 2. The van der Waals surface area contributed by atoms with E-state index in [2.05, 4.69) is 5.32 Å². The van der Waals surface area contributed by atoms with Crippen LogP contribution in [0.25, 0.3) is 0 Å². The molecule has 0 saturated carbocycles. The topological polar surface area (TPSA) is 84.9 Å². The molecule has 0 aliphatic rings. The van der Waals surface area contributed by atoms with Gasteiger partial charge >= 0.3 is 0 Å². The molecule has 3 aromatic carbocycles. The van der Waals surface area contributed by atoms with E-state index in [9.17, 15) is 13.2 Å². The summed E-state index contributed by atoms with van der Waals surface area (Å²) in [6.07, 6.45) is 0. The van der Waals surface area contributed by atoms with Crippen LogP contribution in [0, 0.1) is 20.8 Å². The lowest BCUT2D eigenvalue weighted by Crippen LogP contribution is -2.38. The first-order chi connectivity index (χ1) is 16.1. The number of hydrogen-bond acceptors (Lipinski definition) is 5. The minimum absolute atomic E-state index is 0.0648. The number of nitrogens with zero attached hydrogens (tertiary/aromatic N) is 1. The van der Waals surface area contributed by atoms with Gasteiger partial charge in [0.05, 0.1) is 25.7 Å². The number of carbonyl (C=O) groups excluding carboxylic acids is 1. The molecule has 3 rings (SSSR count). The van der Waals surface area contributed by atoms with Gasteiger partial charge in [0.2, 0.25) is 15.9 Å². The average molecular weight is 483 g/mol. The molecule has 34 heavy (non-hydrogen) atoms. The van der Waals surface area contributed by atoms with E-state index in [1.807, 2.05) is 49.4 Å². The lowest BCUT2D eigenvalue weighted by atomic mass is 10.1. The first-order valence-corrected chi connectivity index (χ1v) is 12.2. The van der Waals surface area contributed by atoms with Crippen LogP contribution in [0.5, 0.6) is 11.5 Å². The summed E-state index contributed by atoms with van der Waals surface area (Å²) in [5.41, 5.74) is 3.54. The number of anilines is 1. The molecule has 1 N–H and O–H groups in total. The van der Waals surface area contributed by atoms with Crippen LogP contribution in [0.1, 0.15) is 22.3 Å². The molecule has 0 unspecified atom stereocenters. The lowest BCUT2D eigenvalue weighted by molar-refractivity contribution is -0.116. The second kappa shape index (κ2) is 10.7. The fourth-order valence-electron chi connectivity index (χ4n) is 3.99. The Balaban J connectivity index is 1.93. The van der Waals surface area contributed by atoms with Crippen molar-refractivity contribution in [2.75, 3.05) is 26.1 Å². The van der Waals surface area contributed by atoms with E-state index >= 15 is 0 Å². The van der Waals surface area contributed by atoms with Crippen molar-refractivity contribution in [3.8, 4) is 11.5 Å². The first-order valence-electron chi connectivity index (χ1n) is 10.8. The van der Waals surface area contributed by atoms with Gasteiger partial charge in [0.1, 0.15) is 0 Å². The van der Waals surface area contributed by atoms with Crippen molar-refractivity contribution in [2.45, 2.75) is 32.2 Å². The Morgan fingerprint density at radius 3 is 2.09 bits per heavy atom. The molecule has 0 aromatic heterocycles. The molecule has 0 bridgehead atoms. The zero-order valence-electron chi connectivity index (χ0n) is 20.1. The summed E-state index contributed by atoms with van der Waals surface area (Å²) in [5, 5.41) is 2.77. The van der Waals surface area contributed by atoms with E-state index in [1.54, 1.807) is 32.0 Å². The number of carbonyl (C=O) groups is 1. The van der Waals surface area contributed by atoms with E-state index in [4.69, 9.17) is 9.47 Å². The largest absolute Gasteiger partial charge is 0.493 e. The predicted octanol–water partition coefficient (Wildman–Crippen LogP) is 4.46. The second-order valence-electron chi connectivity index (χ2n) is 8.10. The summed E-state index contributed by atoms with van der Waals surface area (Å²) < 4.78 is 39.3. The smallest absolute Gasteiger partial charge is 0.244 e. The highest BCUT2D eigenvalue weighted by Crippen LogP contribution is 2.30. The molecule has 7 nitrogen and oxygen atoms in total. The maximum absolute atomic E-state index is 13.8. The fraction of sp³-hybridized carbons (Fsp3) is 0.269. The number of rotatable bonds is 9. The van der Waals surface area contributed by atoms with Gasteiger partial charge < -0.3 is 14.8 Å². The van der Waals surface area contributed by atoms with E-state index in [1.165, 1.54) is 18.5 Å². The third-order valence-electron chi connectivity index (χ3n) is 5.39. The molecule has 0 heterocycles. The molecule has 0 atom stereocenters. The van der Waals surface area contributed by atoms with Crippen molar-refractivity contribution in [3.63, 3.8) is 0 Å². The normalized spacial score (nSPS) is 11.4. The van der Waals surface area contributed by atoms with Crippen molar-refractivity contribution in [1.29, 1.82) is 0 Å². The third-order valence-corrected chi connectivity index (χ3v) is 7.49. The van der Waals surface area contributed by atoms with Crippen molar-refractivity contribution >= 4 is 21.6 Å². The summed E-state index contributed by atoms with van der Waals surface area (Å²) in [6, 6.07) is 17.9. The van der Waals surface area contributed by atoms with Gasteiger partial charge in [0, 0.05) is 18.3 Å². The Morgan fingerprint density at radius 2 is 1.50 bits per heavy atom. The first kappa shape index (κ1) is 25.3. The number of hydrogen-bond donors (Lipinski definition) is 1. The molecule has 180 valence electrons. The second-order valence-corrected chi connectivity index (χ2v) is 9.98. The van der Waals surface area contributed by atoms with Gasteiger partial charge in [-0.05, 0) is 49.6 Å². The van der Waals surface area contributed by atoms with Gasteiger partial charge in [-0.1, -0.05) is 48.0 Å². The molecule has 0 spiro atoms. The standard InChI is InChI=1S/C26H30N2O5S/c1-18-13-19(2)26(20(3)14-18)34(30,31)28(16-21-9-7-6-8-10-21)17-25(29)27-22-11-12-23(32-4)24(15-22)33-5/h6-15H,16-17H2,1-5H3,(H,27,29). The van der Waals surface area contributed by atoms with Gasteiger partial charge in [-0.3, -0.25) is 4.79 Å². The van der Waals surface area contributed by atoms with E-state index in [-0.39, 0.29) is 18.0 Å². The predicted molar refractivity (Wildman–Crippen MR) is 133 cm³/mol. The van der Waals surface area contributed by atoms with Gasteiger partial charge in [0.25, 0.3) is 0 Å². The number of sulfonamides is 1. The molecule has 0 fully saturated rings. The van der Waals surface area contributed by atoms with Crippen LogP contribution in [0.3, 0.4) is 0 Å². The summed E-state index contributed by atoms with van der Waals surface area (Å²) in [7, 11) is -0.931. The van der Waals surface area contributed by atoms with E-state index in [0.717, 1.165) is 11.1 Å². The monoisotopic (exact) mass is 482 g/mol. The number of amides is 1. The number of nitrogens with one attached hydrogen (secondary N) is 1. The Labute approximate surface area is 201 Å². The van der Waals surface area contributed by atoms with Crippen LogP contribution in [-0.2, 0) is 21.4 Å². The Morgan fingerprint density at radius 1 is 0.882 bits per heavy atom. The van der Waals surface area contributed by atoms with Crippen molar-refractivity contribution in [3.05, 3.63) is 82.9 Å². The van der Waals surface area contributed by atoms with Crippen LogP contribution < -0.4 is 14.8 Å². The maximum Gasteiger partial charge on any atom is 0.244 e. The van der Waals surface area contributed by atoms with Gasteiger partial charge in [-0.2, -0.15) is 4.31 Å². The number of benzene rings is 3. The Kier molecular flexibility index (Phi) is 7.96. The van der Waals surface area contributed by atoms with Crippen LogP contribution in [0.2, 0.25) is 0 Å². The summed E-state index contributed by atoms with van der Waals surface area (Å²) in [4.78, 5) is 13.2. The van der Waals surface area contributed by atoms with Gasteiger partial charge in [-0.15, -0.1) is 0 Å². The molecular formula is C26H30N2O5S. The quantitative estimate of drug-likeness (QED) is 0.487. The van der Waals surface area contributed by atoms with Crippen LogP contribution in [-0.4, -0.2) is 39.4 Å². The molecular weight excluding hydrogens is 452 g/mol. The van der Waals surface area contributed by atoms with E-state index in [0.29, 0.717) is 28.3 Å². The Hall–Kier alpha value is -3.36. The molecule has 0 radical (unpaired) electrons. The molecule has 0 aliphatic heterocycles. The third kappa shape index (κ3) is 5.76. The van der Waals surface area contributed by atoms with Crippen LogP contribution in [0.4, 0.5) is 5.69 Å². The van der Waals surface area contributed by atoms with Crippen molar-refractivity contribution in [1.82, 2.24) is 4.31 Å². The highest BCUT2D eigenvalue weighted by molar-refractivity contribution is 7.89. The lowest BCUT2D eigenvalue weighted by Gasteiger charge is -2.24. The minimum atomic E-state index is -3.96. The molecule has 0 saturated heterocycles. The zero-order chi connectivity index (χ0) is 24.9. The summed E-state index contributed by atoms with van der Waals surface area (Å²) in [6.45, 7) is 5.19. The van der Waals surface area contributed by atoms with E-state index < -0.39 is 15.9 Å². The summed E-state index contributed by atoms with van der Waals surface area (Å²) in [5.74, 6) is 0.521. The highest BCUT2D eigenvalue weighted by atomic mass is 32.2. The SMILES string of the molecule is COc1ccc(NC(=O)CN(Cc2ccccc2)S(=O)(=O)c2c(C)cc(C)cc2C)cc1OC. The molecule has 0 aliphatic carbocycles. The number of aryl methyl sites for hydroxylation is 3. The van der Waals surface area contributed by atoms with Gasteiger partial charge in [-0.25, -0.2) is 8.42 Å². The molecule has 3 aromatic rings. The molecule has 8 heteroatoms. The van der Waals surface area contributed by atoms with Crippen LogP contribution in [0.15, 0.2) is 65.6 Å². The summed E-state index contributed by atoms with van der Waals surface area (Å²) >= 11 is 0. The molecule has 1 amide bonds. The maximum atomic E-state index is 13.8.